The van der Waals surface area contributed by atoms with Crippen LogP contribution in [0.1, 0.15) is 67.5 Å². The number of para-hydroxylation sites is 1. The molecule has 4 heteroatoms. The van der Waals surface area contributed by atoms with E-state index < -0.39 is 0 Å². The molecule has 0 aliphatic heterocycles. The highest BCUT2D eigenvalue weighted by atomic mass is 32.1. The third kappa shape index (κ3) is 4.91. The molecule has 0 atom stereocenters. The Hall–Kier alpha value is -1.68. The second-order valence-electron chi connectivity index (χ2n) is 6.51. The molecular weight excluding hydrogens is 316 g/mol. The van der Waals surface area contributed by atoms with Crippen LogP contribution in [0.2, 0.25) is 0 Å². The molecule has 0 amide bonds. The predicted octanol–water partition coefficient (Wildman–Crippen LogP) is 5.82. The molecular formula is C20H26N2OS. The van der Waals surface area contributed by atoms with Crippen molar-refractivity contribution in [1.29, 1.82) is 0 Å². The van der Waals surface area contributed by atoms with E-state index in [0.717, 1.165) is 23.5 Å². The summed E-state index contributed by atoms with van der Waals surface area (Å²) in [5.74, 6) is 0.261. The summed E-state index contributed by atoms with van der Waals surface area (Å²) < 4.78 is 0. The number of nitrogens with zero attached hydrogens (tertiary/aromatic N) is 2. The van der Waals surface area contributed by atoms with E-state index in [1.165, 1.54) is 61.9 Å². The van der Waals surface area contributed by atoms with Crippen molar-refractivity contribution in [3.05, 3.63) is 40.4 Å². The summed E-state index contributed by atoms with van der Waals surface area (Å²) in [7, 11) is 0. The molecule has 128 valence electrons. The van der Waals surface area contributed by atoms with Gasteiger partial charge in [-0.2, -0.15) is 0 Å². The van der Waals surface area contributed by atoms with E-state index >= 15 is 0 Å². The van der Waals surface area contributed by atoms with E-state index in [-0.39, 0.29) is 5.75 Å². The summed E-state index contributed by atoms with van der Waals surface area (Å²) in [5, 5.41) is 10.7. The Kier molecular flexibility index (Phi) is 6.41. The maximum Gasteiger partial charge on any atom is 0.209 e. The summed E-state index contributed by atoms with van der Waals surface area (Å²) in [6.07, 6.45) is 14.6. The zero-order valence-corrected chi connectivity index (χ0v) is 15.0. The highest BCUT2D eigenvalue weighted by Crippen LogP contribution is 2.29. The molecule has 1 N–H and O–H groups in total. The Labute approximate surface area is 148 Å². The molecule has 2 aromatic rings. The van der Waals surface area contributed by atoms with Gasteiger partial charge in [-0.05, 0) is 37.8 Å². The first kappa shape index (κ1) is 17.2. The maximum absolute atomic E-state index is 9.83. The van der Waals surface area contributed by atoms with Crippen molar-refractivity contribution >= 4 is 22.7 Å². The van der Waals surface area contributed by atoms with Gasteiger partial charge in [0.15, 0.2) is 0 Å². The van der Waals surface area contributed by atoms with Crippen LogP contribution in [0, 0.1) is 0 Å². The number of benzene rings is 1. The molecule has 1 heterocycles. The zero-order valence-electron chi connectivity index (χ0n) is 14.2. The number of rotatable bonds is 2. The second-order valence-corrected chi connectivity index (χ2v) is 7.57. The second kappa shape index (κ2) is 8.97. The van der Waals surface area contributed by atoms with Crippen molar-refractivity contribution in [1.82, 2.24) is 4.98 Å². The lowest BCUT2D eigenvalue weighted by atomic mass is 10.0. The normalized spacial score (nSPS) is 17.2. The van der Waals surface area contributed by atoms with Crippen molar-refractivity contribution in [2.45, 2.75) is 64.2 Å². The Morgan fingerprint density at radius 1 is 0.917 bits per heavy atom. The van der Waals surface area contributed by atoms with Gasteiger partial charge in [-0.3, -0.25) is 0 Å². The van der Waals surface area contributed by atoms with E-state index in [9.17, 15) is 5.11 Å². The molecule has 0 radical (unpaired) electrons. The average Bonchev–Trinajstić information content (AvgIpc) is 2.96. The fraction of sp³-hybridized carbons (Fsp3) is 0.500. The first-order valence-electron chi connectivity index (χ1n) is 9.13. The van der Waals surface area contributed by atoms with Crippen LogP contribution >= 0.6 is 11.3 Å². The smallest absolute Gasteiger partial charge is 0.209 e. The van der Waals surface area contributed by atoms with Crippen molar-refractivity contribution < 1.29 is 5.11 Å². The molecule has 1 aliphatic carbocycles. The van der Waals surface area contributed by atoms with Gasteiger partial charge < -0.3 is 5.11 Å². The number of aliphatic imine (C=N–C) groups is 1. The van der Waals surface area contributed by atoms with Crippen LogP contribution in [0.4, 0.5) is 5.13 Å². The summed E-state index contributed by atoms with van der Waals surface area (Å²) in [4.78, 5) is 10.7. The molecule has 24 heavy (non-hydrogen) atoms. The summed E-state index contributed by atoms with van der Waals surface area (Å²) in [5.41, 5.74) is 1.99. The number of aromatic nitrogens is 1. The molecule has 0 unspecified atom stereocenters. The number of aromatic hydroxyl groups is 1. The van der Waals surface area contributed by atoms with Gasteiger partial charge in [0.05, 0.1) is 5.69 Å². The van der Waals surface area contributed by atoms with E-state index in [4.69, 9.17) is 4.98 Å². The average molecular weight is 343 g/mol. The van der Waals surface area contributed by atoms with Gasteiger partial charge in [0.2, 0.25) is 5.13 Å². The van der Waals surface area contributed by atoms with Crippen LogP contribution in [0.15, 0.2) is 29.3 Å². The van der Waals surface area contributed by atoms with Gasteiger partial charge >= 0.3 is 0 Å². The topological polar surface area (TPSA) is 45.5 Å². The number of thiazole rings is 1. The quantitative estimate of drug-likeness (QED) is 0.699. The molecule has 0 bridgehead atoms. The molecule has 0 spiro atoms. The third-order valence-electron chi connectivity index (χ3n) is 4.59. The van der Waals surface area contributed by atoms with E-state index in [2.05, 4.69) is 4.99 Å². The lowest BCUT2D eigenvalue weighted by Gasteiger charge is -2.06. The van der Waals surface area contributed by atoms with Gasteiger partial charge in [-0.1, -0.05) is 62.0 Å². The minimum absolute atomic E-state index is 0.261. The first-order chi connectivity index (χ1) is 11.8. The van der Waals surface area contributed by atoms with Crippen LogP contribution in [0.25, 0.3) is 0 Å². The number of hydrogen-bond donors (Lipinski definition) is 1. The van der Waals surface area contributed by atoms with Crippen LogP contribution < -0.4 is 0 Å². The Morgan fingerprint density at radius 2 is 1.58 bits per heavy atom. The molecule has 1 aromatic heterocycles. The molecule has 3 rings (SSSR count). The van der Waals surface area contributed by atoms with Gasteiger partial charge in [0.25, 0.3) is 0 Å². The fourth-order valence-corrected chi connectivity index (χ4v) is 4.17. The highest BCUT2D eigenvalue weighted by molar-refractivity contribution is 7.15. The lowest BCUT2D eigenvalue weighted by Crippen LogP contribution is -1.94. The zero-order chi connectivity index (χ0) is 16.6. The summed E-state index contributed by atoms with van der Waals surface area (Å²) in [6.45, 7) is 0. The van der Waals surface area contributed by atoms with Crippen LogP contribution in [-0.2, 0) is 12.8 Å². The van der Waals surface area contributed by atoms with Gasteiger partial charge in [0, 0.05) is 16.7 Å². The highest BCUT2D eigenvalue weighted by Gasteiger charge is 2.11. The van der Waals surface area contributed by atoms with Crippen molar-refractivity contribution in [3.63, 3.8) is 0 Å². The molecule has 1 aliphatic rings. The monoisotopic (exact) mass is 342 g/mol. The number of hydrogen-bond acceptors (Lipinski definition) is 4. The molecule has 0 saturated carbocycles. The van der Waals surface area contributed by atoms with E-state index in [1.54, 1.807) is 23.6 Å². The Bertz CT molecular complexity index is 649. The standard InChI is InChI=1S/C20H26N2OS/c23-18-13-10-9-11-16(18)15-21-20-22-17-12-7-5-3-1-2-4-6-8-14-19(17)24-20/h9-11,13,15,23H,1-8,12,14H2/b21-15+. The lowest BCUT2D eigenvalue weighted by molar-refractivity contribution is 0.474. The van der Waals surface area contributed by atoms with Gasteiger partial charge in [-0.25, -0.2) is 9.98 Å². The fourth-order valence-electron chi connectivity index (χ4n) is 3.18. The number of phenolic OH excluding ortho intramolecular Hbond substituents is 1. The summed E-state index contributed by atoms with van der Waals surface area (Å²) in [6, 6.07) is 7.27. The molecule has 1 aromatic carbocycles. The molecule has 0 fully saturated rings. The van der Waals surface area contributed by atoms with E-state index in [1.807, 2.05) is 18.2 Å². The predicted molar refractivity (Wildman–Crippen MR) is 102 cm³/mol. The van der Waals surface area contributed by atoms with Gasteiger partial charge in [0.1, 0.15) is 5.75 Å². The number of fused-ring (bicyclic) bond motifs is 1. The molecule has 3 nitrogen and oxygen atoms in total. The third-order valence-corrected chi connectivity index (χ3v) is 5.65. The Morgan fingerprint density at radius 3 is 2.33 bits per heavy atom. The minimum atomic E-state index is 0.261. The maximum atomic E-state index is 9.83. The number of aryl methyl sites for hydroxylation is 2. The van der Waals surface area contributed by atoms with Crippen molar-refractivity contribution in [2.24, 2.45) is 4.99 Å². The van der Waals surface area contributed by atoms with Crippen molar-refractivity contribution in [3.8, 4) is 5.75 Å². The largest absolute Gasteiger partial charge is 0.507 e. The molecule has 0 saturated heterocycles. The first-order valence-corrected chi connectivity index (χ1v) is 9.95. The van der Waals surface area contributed by atoms with Crippen molar-refractivity contribution in [2.75, 3.05) is 0 Å². The Balaban J connectivity index is 1.73. The van der Waals surface area contributed by atoms with Crippen LogP contribution in [-0.4, -0.2) is 16.3 Å². The van der Waals surface area contributed by atoms with Crippen LogP contribution in [0.3, 0.4) is 0 Å². The SMILES string of the molecule is Oc1ccccc1/C=N/c1nc2c(s1)CCCCCCCCCC2. The summed E-state index contributed by atoms with van der Waals surface area (Å²) >= 11 is 1.72. The minimum Gasteiger partial charge on any atom is -0.507 e. The van der Waals surface area contributed by atoms with Gasteiger partial charge in [-0.15, -0.1) is 0 Å². The number of phenols is 1. The van der Waals surface area contributed by atoms with E-state index in [0.29, 0.717) is 0 Å². The van der Waals surface area contributed by atoms with Crippen LogP contribution in [0.5, 0.6) is 5.75 Å².